The molecular weight excluding hydrogens is 279 g/mol. The van der Waals surface area contributed by atoms with Crippen LogP contribution in [0.3, 0.4) is 0 Å². The van der Waals surface area contributed by atoms with Crippen LogP contribution in [0, 0.1) is 0 Å². The first-order valence-electron chi connectivity index (χ1n) is 5.28. The summed E-state index contributed by atoms with van der Waals surface area (Å²) in [6, 6.07) is 11.9. The molecule has 5 heteroatoms. The molecule has 0 spiro atoms. The molecule has 0 saturated heterocycles. The van der Waals surface area contributed by atoms with Crippen LogP contribution in [0.1, 0.15) is 5.69 Å². The molecule has 0 radical (unpaired) electrons. The topological polar surface area (TPSA) is 50.7 Å². The van der Waals surface area contributed by atoms with Gasteiger partial charge in [-0.1, -0.05) is 0 Å². The molecule has 2 heterocycles. The van der Waals surface area contributed by atoms with Crippen LogP contribution in [0.5, 0.6) is 0 Å². The molecule has 0 atom stereocenters. The fraction of sp³-hybridized carbons (Fsp3) is 0.0833. The summed E-state index contributed by atoms with van der Waals surface area (Å²) in [5.41, 5.74) is 4.04. The molecular formula is C12H10N4Se. The monoisotopic (exact) mass is 290 g/mol. The van der Waals surface area contributed by atoms with E-state index in [1.165, 1.54) is 0 Å². The Morgan fingerprint density at radius 1 is 1.06 bits per heavy atom. The zero-order valence-electron chi connectivity index (χ0n) is 9.00. The van der Waals surface area contributed by atoms with Crippen molar-refractivity contribution >= 4 is 31.7 Å². The number of aromatic nitrogens is 3. The number of nitrogens with one attached hydrogen (secondary N) is 1. The molecule has 2 aromatic heterocycles. The van der Waals surface area contributed by atoms with Crippen molar-refractivity contribution in [1.29, 1.82) is 0 Å². The van der Waals surface area contributed by atoms with Gasteiger partial charge < -0.3 is 0 Å². The van der Waals surface area contributed by atoms with Crippen molar-refractivity contribution in [3.63, 3.8) is 0 Å². The van der Waals surface area contributed by atoms with E-state index in [0.29, 0.717) is 6.54 Å². The summed E-state index contributed by atoms with van der Waals surface area (Å²) in [5, 5.41) is 3.36. The Kier molecular flexibility index (Phi) is 2.86. The minimum atomic E-state index is 0.0190. The molecule has 0 aliphatic rings. The molecule has 0 amide bonds. The van der Waals surface area contributed by atoms with Crippen molar-refractivity contribution in [1.82, 2.24) is 12.9 Å². The Morgan fingerprint density at radius 2 is 2.06 bits per heavy atom. The van der Waals surface area contributed by atoms with Gasteiger partial charge in [-0.15, -0.1) is 0 Å². The van der Waals surface area contributed by atoms with E-state index < -0.39 is 0 Å². The SMILES string of the molecule is c1ccc(CNc2cccc3n[se]nc23)nc1. The summed E-state index contributed by atoms with van der Waals surface area (Å²) in [7, 11) is 0. The third kappa shape index (κ3) is 2.20. The van der Waals surface area contributed by atoms with Crippen molar-refractivity contribution in [2.45, 2.75) is 6.54 Å². The predicted octanol–water partition coefficient (Wildman–Crippen LogP) is 1.69. The standard InChI is InChI=1S/C12H10N4Se/c1-2-7-13-9(4-1)8-14-10-5-3-6-11-12(10)16-17-15-11/h1-7,14H,8H2. The molecule has 3 aromatic rings. The Labute approximate surface area is 105 Å². The second-order valence-electron chi connectivity index (χ2n) is 3.61. The maximum absolute atomic E-state index is 4.42. The molecule has 17 heavy (non-hydrogen) atoms. The first-order chi connectivity index (χ1) is 8.43. The van der Waals surface area contributed by atoms with Gasteiger partial charge in [-0.3, -0.25) is 0 Å². The molecule has 0 fully saturated rings. The van der Waals surface area contributed by atoms with Crippen LogP contribution in [0.4, 0.5) is 5.69 Å². The normalized spacial score (nSPS) is 10.6. The molecule has 1 N–H and O–H groups in total. The summed E-state index contributed by atoms with van der Waals surface area (Å²) >= 11 is 0.0190. The van der Waals surface area contributed by atoms with Crippen LogP contribution in [0.2, 0.25) is 0 Å². The Bertz CT molecular complexity index is 620. The van der Waals surface area contributed by atoms with Gasteiger partial charge in [0.25, 0.3) is 0 Å². The summed E-state index contributed by atoms with van der Waals surface area (Å²) in [6.07, 6.45) is 1.80. The summed E-state index contributed by atoms with van der Waals surface area (Å²) in [6.45, 7) is 0.708. The second kappa shape index (κ2) is 4.65. The quantitative estimate of drug-likeness (QED) is 0.746. The van der Waals surface area contributed by atoms with E-state index in [1.54, 1.807) is 6.20 Å². The summed E-state index contributed by atoms with van der Waals surface area (Å²) < 4.78 is 8.78. The number of anilines is 1. The van der Waals surface area contributed by atoms with Crippen molar-refractivity contribution < 1.29 is 0 Å². The van der Waals surface area contributed by atoms with E-state index >= 15 is 0 Å². The Morgan fingerprint density at radius 3 is 2.94 bits per heavy atom. The van der Waals surface area contributed by atoms with Crippen molar-refractivity contribution in [3.05, 3.63) is 48.3 Å². The maximum atomic E-state index is 4.42. The van der Waals surface area contributed by atoms with Gasteiger partial charge in [-0.2, -0.15) is 0 Å². The van der Waals surface area contributed by atoms with E-state index in [1.807, 2.05) is 36.4 Å². The number of hydrogen-bond acceptors (Lipinski definition) is 4. The molecule has 4 nitrogen and oxygen atoms in total. The third-order valence-electron chi connectivity index (χ3n) is 2.47. The fourth-order valence-corrected chi connectivity index (χ4v) is 2.79. The average molecular weight is 289 g/mol. The first kappa shape index (κ1) is 10.4. The Hall–Kier alpha value is -1.71. The van der Waals surface area contributed by atoms with Gasteiger partial charge >= 0.3 is 105 Å². The molecule has 0 bridgehead atoms. The molecule has 0 aliphatic heterocycles. The van der Waals surface area contributed by atoms with Crippen LogP contribution >= 0.6 is 0 Å². The van der Waals surface area contributed by atoms with Gasteiger partial charge in [0.2, 0.25) is 0 Å². The minimum absolute atomic E-state index is 0.0190. The molecule has 0 aliphatic carbocycles. The molecule has 0 unspecified atom stereocenters. The molecule has 0 saturated carbocycles. The van der Waals surface area contributed by atoms with Gasteiger partial charge in [0, 0.05) is 0 Å². The van der Waals surface area contributed by atoms with Crippen molar-refractivity contribution in [3.8, 4) is 0 Å². The van der Waals surface area contributed by atoms with Crippen molar-refractivity contribution in [2.24, 2.45) is 0 Å². The molecule has 3 rings (SSSR count). The van der Waals surface area contributed by atoms with E-state index in [2.05, 4.69) is 18.3 Å². The summed E-state index contributed by atoms with van der Waals surface area (Å²) in [4.78, 5) is 4.27. The van der Waals surface area contributed by atoms with E-state index in [9.17, 15) is 0 Å². The molecule has 84 valence electrons. The van der Waals surface area contributed by atoms with E-state index in [-0.39, 0.29) is 15.0 Å². The number of rotatable bonds is 3. The summed E-state index contributed by atoms with van der Waals surface area (Å²) in [5.74, 6) is 0. The van der Waals surface area contributed by atoms with Crippen LogP contribution in [0.25, 0.3) is 11.0 Å². The van der Waals surface area contributed by atoms with Gasteiger partial charge in [0.15, 0.2) is 0 Å². The van der Waals surface area contributed by atoms with Crippen LogP contribution < -0.4 is 5.32 Å². The van der Waals surface area contributed by atoms with E-state index in [0.717, 1.165) is 22.4 Å². The van der Waals surface area contributed by atoms with E-state index in [4.69, 9.17) is 0 Å². The number of pyridine rings is 1. The number of nitrogens with zero attached hydrogens (tertiary/aromatic N) is 3. The third-order valence-corrected chi connectivity index (χ3v) is 3.61. The fourth-order valence-electron chi connectivity index (χ4n) is 1.64. The van der Waals surface area contributed by atoms with Crippen LogP contribution in [0.15, 0.2) is 42.6 Å². The Balaban J connectivity index is 1.84. The first-order valence-corrected chi connectivity index (χ1v) is 6.82. The number of fused-ring (bicyclic) bond motifs is 1. The predicted molar refractivity (Wildman–Crippen MR) is 68.0 cm³/mol. The zero-order valence-corrected chi connectivity index (χ0v) is 10.7. The van der Waals surface area contributed by atoms with Gasteiger partial charge in [-0.05, 0) is 0 Å². The second-order valence-corrected chi connectivity index (χ2v) is 4.72. The van der Waals surface area contributed by atoms with Crippen LogP contribution in [-0.2, 0) is 6.54 Å². The van der Waals surface area contributed by atoms with Gasteiger partial charge in [0.1, 0.15) is 0 Å². The molecule has 1 aromatic carbocycles. The number of benzene rings is 1. The average Bonchev–Trinajstić information content (AvgIpc) is 2.86. The van der Waals surface area contributed by atoms with Gasteiger partial charge in [-0.25, -0.2) is 0 Å². The van der Waals surface area contributed by atoms with Crippen molar-refractivity contribution in [2.75, 3.05) is 5.32 Å². The number of hydrogen-bond donors (Lipinski definition) is 1. The zero-order chi connectivity index (χ0) is 11.5. The van der Waals surface area contributed by atoms with Crippen LogP contribution in [-0.4, -0.2) is 27.9 Å². The van der Waals surface area contributed by atoms with Gasteiger partial charge in [0.05, 0.1) is 0 Å².